The maximum atomic E-state index is 11.4. The average molecular weight is 393 g/mol. The third kappa shape index (κ3) is 2.52. The van der Waals surface area contributed by atoms with Crippen molar-refractivity contribution in [1.82, 2.24) is 15.0 Å². The lowest BCUT2D eigenvalue weighted by molar-refractivity contribution is 0.479. The highest BCUT2D eigenvalue weighted by atomic mass is 32.1. The minimum Gasteiger partial charge on any atom is -0.506 e. The molecule has 138 valence electrons. The Bertz CT molecular complexity index is 1460. The van der Waals surface area contributed by atoms with Gasteiger partial charge in [0.05, 0.1) is 32.4 Å². The third-order valence-electron chi connectivity index (χ3n) is 5.17. The number of rotatable bonds is 2. The lowest BCUT2D eigenvalue weighted by Crippen LogP contribution is -1.89. The number of benzene rings is 4. The molecule has 0 spiro atoms. The summed E-state index contributed by atoms with van der Waals surface area (Å²) in [4.78, 5) is 12.9. The molecule has 0 aliphatic carbocycles. The van der Waals surface area contributed by atoms with Crippen molar-refractivity contribution in [2.24, 2.45) is 0 Å². The first-order valence-corrected chi connectivity index (χ1v) is 10.2. The summed E-state index contributed by atoms with van der Waals surface area (Å²) in [6, 6.07) is 26.0. The van der Waals surface area contributed by atoms with E-state index in [1.54, 1.807) is 11.3 Å². The molecule has 0 aliphatic rings. The summed E-state index contributed by atoms with van der Waals surface area (Å²) in [5.74, 6) is 0.852. The van der Waals surface area contributed by atoms with E-state index in [-0.39, 0.29) is 5.75 Å². The fraction of sp³-hybridized carbons (Fsp3) is 0. The molecule has 29 heavy (non-hydrogen) atoms. The Morgan fingerprint density at radius 3 is 2.41 bits per heavy atom. The predicted molar refractivity (Wildman–Crippen MR) is 119 cm³/mol. The molecule has 0 saturated carbocycles. The summed E-state index contributed by atoms with van der Waals surface area (Å²) in [6.07, 6.45) is 0. The summed E-state index contributed by atoms with van der Waals surface area (Å²) in [7, 11) is 0. The van der Waals surface area contributed by atoms with Gasteiger partial charge in [-0.25, -0.2) is 9.97 Å². The Morgan fingerprint density at radius 1 is 0.793 bits per heavy atom. The van der Waals surface area contributed by atoms with Crippen LogP contribution in [0.3, 0.4) is 0 Å². The van der Waals surface area contributed by atoms with Gasteiger partial charge in [0.2, 0.25) is 0 Å². The van der Waals surface area contributed by atoms with E-state index in [0.717, 1.165) is 42.6 Å². The Morgan fingerprint density at radius 2 is 1.55 bits per heavy atom. The number of aromatic amines is 1. The number of nitrogens with zero attached hydrogens (tertiary/aromatic N) is 2. The van der Waals surface area contributed by atoms with E-state index in [0.29, 0.717) is 11.4 Å². The zero-order valence-electron chi connectivity index (χ0n) is 15.3. The van der Waals surface area contributed by atoms with Crippen molar-refractivity contribution in [1.29, 1.82) is 0 Å². The number of phenols is 1. The molecular weight excluding hydrogens is 378 g/mol. The molecule has 4 aromatic carbocycles. The molecule has 0 amide bonds. The smallest absolute Gasteiger partial charge is 0.142 e. The third-order valence-corrected chi connectivity index (χ3v) is 6.24. The van der Waals surface area contributed by atoms with Gasteiger partial charge in [0.1, 0.15) is 16.6 Å². The van der Waals surface area contributed by atoms with Crippen LogP contribution in [-0.4, -0.2) is 20.1 Å². The number of para-hydroxylation sites is 3. The Labute approximate surface area is 170 Å². The van der Waals surface area contributed by atoms with Gasteiger partial charge in [-0.05, 0) is 41.1 Å². The SMILES string of the molecule is Oc1c(-c2nc3ccccc3s2)cc2ccccc2c1-c1nc2ccccc2[nH]1. The largest absolute Gasteiger partial charge is 0.506 e. The second-order valence-corrected chi connectivity index (χ2v) is 7.99. The van der Waals surface area contributed by atoms with Crippen LogP contribution in [0.4, 0.5) is 0 Å². The molecule has 6 aromatic rings. The van der Waals surface area contributed by atoms with Crippen molar-refractivity contribution in [3.8, 4) is 27.7 Å². The van der Waals surface area contributed by atoms with Gasteiger partial charge in [-0.15, -0.1) is 11.3 Å². The molecule has 0 radical (unpaired) electrons. The number of fused-ring (bicyclic) bond motifs is 3. The van der Waals surface area contributed by atoms with Gasteiger partial charge in [-0.1, -0.05) is 48.5 Å². The van der Waals surface area contributed by atoms with Crippen LogP contribution in [0.25, 0.3) is 54.0 Å². The summed E-state index contributed by atoms with van der Waals surface area (Å²) in [5.41, 5.74) is 4.17. The van der Waals surface area contributed by atoms with Crippen LogP contribution in [0.15, 0.2) is 78.9 Å². The van der Waals surface area contributed by atoms with Crippen LogP contribution in [0.5, 0.6) is 5.75 Å². The lowest BCUT2D eigenvalue weighted by Gasteiger charge is -2.11. The zero-order valence-corrected chi connectivity index (χ0v) is 16.1. The van der Waals surface area contributed by atoms with Gasteiger partial charge in [0.15, 0.2) is 0 Å². The number of phenolic OH excluding ortho intramolecular Hbond substituents is 1. The van der Waals surface area contributed by atoms with Gasteiger partial charge in [-0.3, -0.25) is 0 Å². The molecule has 4 nitrogen and oxygen atoms in total. The normalized spacial score (nSPS) is 11.6. The number of nitrogens with one attached hydrogen (secondary N) is 1. The van der Waals surface area contributed by atoms with E-state index in [1.165, 1.54) is 0 Å². The number of thiazole rings is 1. The number of aromatic hydroxyl groups is 1. The first-order valence-electron chi connectivity index (χ1n) is 9.34. The molecule has 0 atom stereocenters. The van der Waals surface area contributed by atoms with Crippen LogP contribution in [-0.2, 0) is 0 Å². The minimum absolute atomic E-state index is 0.196. The van der Waals surface area contributed by atoms with Crippen LogP contribution < -0.4 is 0 Å². The Balaban J connectivity index is 1.68. The summed E-state index contributed by atoms with van der Waals surface area (Å²) < 4.78 is 1.10. The summed E-state index contributed by atoms with van der Waals surface area (Å²) in [6.45, 7) is 0. The van der Waals surface area contributed by atoms with E-state index < -0.39 is 0 Å². The van der Waals surface area contributed by atoms with Crippen molar-refractivity contribution in [2.75, 3.05) is 0 Å². The predicted octanol–water partition coefficient (Wildman–Crippen LogP) is 6.37. The highest BCUT2D eigenvalue weighted by Crippen LogP contribution is 2.44. The van der Waals surface area contributed by atoms with Crippen molar-refractivity contribution < 1.29 is 5.11 Å². The lowest BCUT2D eigenvalue weighted by atomic mass is 9.99. The first kappa shape index (κ1) is 16.3. The average Bonchev–Trinajstić information content (AvgIpc) is 3.37. The molecule has 6 rings (SSSR count). The van der Waals surface area contributed by atoms with Crippen LogP contribution in [0.1, 0.15) is 0 Å². The zero-order chi connectivity index (χ0) is 19.4. The molecule has 2 N–H and O–H groups in total. The van der Waals surface area contributed by atoms with Gasteiger partial charge in [-0.2, -0.15) is 0 Å². The molecule has 2 aromatic heterocycles. The van der Waals surface area contributed by atoms with Gasteiger partial charge < -0.3 is 10.1 Å². The van der Waals surface area contributed by atoms with Gasteiger partial charge in [0.25, 0.3) is 0 Å². The summed E-state index contributed by atoms with van der Waals surface area (Å²) in [5, 5.41) is 14.1. The molecule has 0 fully saturated rings. The van der Waals surface area contributed by atoms with Gasteiger partial charge >= 0.3 is 0 Å². The standard InChI is InChI=1S/C24H15N3OS/c28-22-16(24-27-19-11-5-6-12-20(19)29-24)13-14-7-1-2-8-15(14)21(22)23-25-17-9-3-4-10-18(17)26-23/h1-13,28H,(H,25,26). The molecular formula is C24H15N3OS. The van der Waals surface area contributed by atoms with E-state index in [4.69, 9.17) is 9.97 Å². The first-order chi connectivity index (χ1) is 14.3. The van der Waals surface area contributed by atoms with Crippen LogP contribution in [0.2, 0.25) is 0 Å². The molecule has 0 bridgehead atoms. The number of hydrogen-bond donors (Lipinski definition) is 2. The highest BCUT2D eigenvalue weighted by Gasteiger charge is 2.20. The second kappa shape index (κ2) is 6.15. The Kier molecular flexibility index (Phi) is 3.45. The fourth-order valence-electron chi connectivity index (χ4n) is 3.80. The topological polar surface area (TPSA) is 61.8 Å². The Hall–Kier alpha value is -3.70. The van der Waals surface area contributed by atoms with Crippen molar-refractivity contribution >= 4 is 43.4 Å². The van der Waals surface area contributed by atoms with Crippen molar-refractivity contribution in [3.05, 3.63) is 78.9 Å². The van der Waals surface area contributed by atoms with E-state index in [9.17, 15) is 5.11 Å². The molecule has 0 aliphatic heterocycles. The number of hydrogen-bond acceptors (Lipinski definition) is 4. The number of imidazole rings is 1. The fourth-order valence-corrected chi connectivity index (χ4v) is 4.78. The second-order valence-electron chi connectivity index (χ2n) is 6.96. The molecule has 2 heterocycles. The van der Waals surface area contributed by atoms with E-state index >= 15 is 0 Å². The number of H-pyrrole nitrogens is 1. The minimum atomic E-state index is 0.196. The molecule has 0 saturated heterocycles. The van der Waals surface area contributed by atoms with E-state index in [1.807, 2.05) is 66.7 Å². The van der Waals surface area contributed by atoms with Crippen LogP contribution >= 0.6 is 11.3 Å². The summed E-state index contributed by atoms with van der Waals surface area (Å²) >= 11 is 1.58. The maximum absolute atomic E-state index is 11.4. The van der Waals surface area contributed by atoms with E-state index in [2.05, 4.69) is 17.1 Å². The molecule has 5 heteroatoms. The quantitative estimate of drug-likeness (QED) is 0.359. The highest BCUT2D eigenvalue weighted by molar-refractivity contribution is 7.21. The monoisotopic (exact) mass is 393 g/mol. The van der Waals surface area contributed by atoms with Crippen molar-refractivity contribution in [3.63, 3.8) is 0 Å². The maximum Gasteiger partial charge on any atom is 0.142 e. The van der Waals surface area contributed by atoms with Crippen molar-refractivity contribution in [2.45, 2.75) is 0 Å². The molecule has 0 unspecified atom stereocenters. The van der Waals surface area contributed by atoms with Gasteiger partial charge in [0, 0.05) is 0 Å². The number of aromatic nitrogens is 3. The van der Waals surface area contributed by atoms with Crippen LogP contribution in [0, 0.1) is 0 Å².